The first-order valence-corrected chi connectivity index (χ1v) is 7.32. The predicted octanol–water partition coefficient (Wildman–Crippen LogP) is 2.59. The van der Waals surface area contributed by atoms with Crippen molar-refractivity contribution in [2.45, 2.75) is 20.3 Å². The third-order valence-corrected chi connectivity index (χ3v) is 3.95. The summed E-state index contributed by atoms with van der Waals surface area (Å²) in [6.45, 7) is 4.09. The van der Waals surface area contributed by atoms with Crippen LogP contribution in [-0.4, -0.2) is 27.3 Å². The van der Waals surface area contributed by atoms with Crippen LogP contribution in [0, 0.1) is 17.0 Å². The summed E-state index contributed by atoms with van der Waals surface area (Å²) in [5.41, 5.74) is 3.29. The van der Waals surface area contributed by atoms with E-state index >= 15 is 0 Å². The maximum absolute atomic E-state index is 11.8. The summed E-state index contributed by atoms with van der Waals surface area (Å²) in [6, 6.07) is 5.03. The molecule has 118 valence electrons. The van der Waals surface area contributed by atoms with Gasteiger partial charge in [0.05, 0.1) is 22.4 Å². The summed E-state index contributed by atoms with van der Waals surface area (Å²) in [4.78, 5) is 29.9. The van der Waals surface area contributed by atoms with Crippen LogP contribution in [0.3, 0.4) is 0 Å². The first kappa shape index (κ1) is 15.0. The number of benzene rings is 1. The van der Waals surface area contributed by atoms with Gasteiger partial charge in [-0.05, 0) is 30.5 Å². The van der Waals surface area contributed by atoms with Crippen LogP contribution in [0.25, 0.3) is 16.8 Å². The second-order valence-corrected chi connectivity index (χ2v) is 5.36. The molecule has 1 amide bonds. The molecule has 1 aliphatic rings. The van der Waals surface area contributed by atoms with E-state index in [0.29, 0.717) is 41.2 Å². The zero-order chi connectivity index (χ0) is 16.6. The lowest BCUT2D eigenvalue weighted by Crippen LogP contribution is -2.17. The molecule has 0 spiro atoms. The number of hydrogen-bond acceptors (Lipinski definition) is 4. The molecule has 7 nitrogen and oxygen atoms in total. The van der Waals surface area contributed by atoms with E-state index in [9.17, 15) is 14.9 Å². The van der Waals surface area contributed by atoms with Gasteiger partial charge in [-0.25, -0.2) is 4.98 Å². The van der Waals surface area contributed by atoms with Crippen molar-refractivity contribution in [3.63, 3.8) is 0 Å². The number of aromatic nitrogens is 2. The quantitative estimate of drug-likeness (QED) is 0.669. The number of aromatic amines is 1. The Morgan fingerprint density at radius 2 is 2.17 bits per heavy atom. The van der Waals surface area contributed by atoms with Gasteiger partial charge in [0, 0.05) is 18.2 Å². The molecule has 1 aliphatic heterocycles. The SMILES string of the molecule is CCC1=C(c2ccc(-c3cnc(C)[nH]3)c([N+](=O)[O-])c2)CNC1=O. The Hall–Kier alpha value is -2.96. The summed E-state index contributed by atoms with van der Waals surface area (Å²) in [5, 5.41) is 14.2. The maximum Gasteiger partial charge on any atom is 0.279 e. The smallest absolute Gasteiger partial charge is 0.279 e. The summed E-state index contributed by atoms with van der Waals surface area (Å²) in [7, 11) is 0. The highest BCUT2D eigenvalue weighted by molar-refractivity contribution is 6.06. The topological polar surface area (TPSA) is 101 Å². The Balaban J connectivity index is 2.13. The van der Waals surface area contributed by atoms with Gasteiger partial charge < -0.3 is 10.3 Å². The van der Waals surface area contributed by atoms with Gasteiger partial charge >= 0.3 is 0 Å². The van der Waals surface area contributed by atoms with Crippen molar-refractivity contribution in [2.75, 3.05) is 6.54 Å². The number of carbonyl (C=O) groups is 1. The Bertz CT molecular complexity index is 836. The fourth-order valence-corrected chi connectivity index (χ4v) is 2.83. The van der Waals surface area contributed by atoms with Crippen LogP contribution in [0.1, 0.15) is 24.7 Å². The number of nitro groups is 1. The minimum atomic E-state index is -0.411. The lowest BCUT2D eigenvalue weighted by molar-refractivity contribution is -0.384. The van der Waals surface area contributed by atoms with E-state index < -0.39 is 4.92 Å². The third kappa shape index (κ3) is 2.61. The molecule has 2 aromatic rings. The molecule has 0 radical (unpaired) electrons. The summed E-state index contributed by atoms with van der Waals surface area (Å²) >= 11 is 0. The van der Waals surface area contributed by atoms with Crippen LogP contribution in [-0.2, 0) is 4.79 Å². The molecule has 0 unspecified atom stereocenters. The number of rotatable bonds is 4. The zero-order valence-electron chi connectivity index (χ0n) is 12.8. The van der Waals surface area contributed by atoms with Crippen LogP contribution in [0.4, 0.5) is 5.69 Å². The minimum absolute atomic E-state index is 0.00606. The molecule has 7 heteroatoms. The monoisotopic (exact) mass is 312 g/mol. The molecule has 0 saturated heterocycles. The Labute approximate surface area is 132 Å². The molecular formula is C16H16N4O3. The lowest BCUT2D eigenvalue weighted by Gasteiger charge is -2.07. The van der Waals surface area contributed by atoms with E-state index in [4.69, 9.17) is 0 Å². The van der Waals surface area contributed by atoms with Crippen molar-refractivity contribution in [1.29, 1.82) is 0 Å². The van der Waals surface area contributed by atoms with Gasteiger partial charge in [0.1, 0.15) is 5.82 Å². The lowest BCUT2D eigenvalue weighted by atomic mass is 9.97. The van der Waals surface area contributed by atoms with Crippen LogP contribution in [0.15, 0.2) is 30.0 Å². The van der Waals surface area contributed by atoms with Crippen molar-refractivity contribution in [1.82, 2.24) is 15.3 Å². The van der Waals surface area contributed by atoms with Crippen molar-refractivity contribution in [3.8, 4) is 11.3 Å². The maximum atomic E-state index is 11.8. The van der Waals surface area contributed by atoms with Crippen LogP contribution >= 0.6 is 0 Å². The van der Waals surface area contributed by atoms with Gasteiger partial charge in [-0.3, -0.25) is 14.9 Å². The van der Waals surface area contributed by atoms with E-state index in [1.54, 1.807) is 19.2 Å². The van der Waals surface area contributed by atoms with Crippen LogP contribution in [0.5, 0.6) is 0 Å². The Morgan fingerprint density at radius 3 is 2.78 bits per heavy atom. The number of hydrogen-bond donors (Lipinski definition) is 2. The number of nitrogens with zero attached hydrogens (tertiary/aromatic N) is 2. The summed E-state index contributed by atoms with van der Waals surface area (Å²) in [5.74, 6) is 0.596. The average molecular weight is 312 g/mol. The fraction of sp³-hybridized carbons (Fsp3) is 0.250. The summed E-state index contributed by atoms with van der Waals surface area (Å²) < 4.78 is 0. The molecule has 0 atom stereocenters. The van der Waals surface area contributed by atoms with Gasteiger partial charge in [0.2, 0.25) is 5.91 Å². The predicted molar refractivity (Wildman–Crippen MR) is 85.6 cm³/mol. The molecule has 0 fully saturated rings. The fourth-order valence-electron chi connectivity index (χ4n) is 2.83. The van der Waals surface area contributed by atoms with Gasteiger partial charge in [0.25, 0.3) is 5.69 Å². The zero-order valence-corrected chi connectivity index (χ0v) is 12.8. The number of amides is 1. The Morgan fingerprint density at radius 1 is 1.39 bits per heavy atom. The number of imidazole rings is 1. The van der Waals surface area contributed by atoms with Crippen LogP contribution < -0.4 is 5.32 Å². The second kappa shape index (κ2) is 5.68. The van der Waals surface area contributed by atoms with Crippen LogP contribution in [0.2, 0.25) is 0 Å². The van der Waals surface area contributed by atoms with Crippen molar-refractivity contribution < 1.29 is 9.72 Å². The molecule has 1 aromatic carbocycles. The number of carbonyl (C=O) groups excluding carboxylic acids is 1. The van der Waals surface area contributed by atoms with E-state index in [0.717, 1.165) is 5.57 Å². The minimum Gasteiger partial charge on any atom is -0.348 e. The highest BCUT2D eigenvalue weighted by atomic mass is 16.6. The van der Waals surface area contributed by atoms with Gasteiger partial charge in [-0.15, -0.1) is 0 Å². The van der Waals surface area contributed by atoms with E-state index in [-0.39, 0.29) is 11.6 Å². The first-order valence-electron chi connectivity index (χ1n) is 7.32. The third-order valence-electron chi connectivity index (χ3n) is 3.95. The number of aryl methyl sites for hydroxylation is 1. The first-order chi connectivity index (χ1) is 11.0. The number of H-pyrrole nitrogens is 1. The standard InChI is InChI=1S/C16H16N4O3/c1-3-11-13(7-18-16(11)21)10-4-5-12(15(6-10)20(22)23)14-8-17-9(2)19-14/h4-6,8H,3,7H2,1-2H3,(H,17,19)(H,18,21). The van der Waals surface area contributed by atoms with E-state index in [1.165, 1.54) is 6.07 Å². The van der Waals surface area contributed by atoms with Gasteiger partial charge in [-0.1, -0.05) is 13.0 Å². The molecule has 1 aromatic heterocycles. The highest BCUT2D eigenvalue weighted by Crippen LogP contribution is 2.33. The molecule has 2 heterocycles. The van der Waals surface area contributed by atoms with E-state index in [2.05, 4.69) is 15.3 Å². The molecule has 0 bridgehead atoms. The Kier molecular flexibility index (Phi) is 3.69. The molecule has 23 heavy (non-hydrogen) atoms. The number of nitro benzene ring substituents is 1. The molecule has 0 aliphatic carbocycles. The molecule has 3 rings (SSSR count). The highest BCUT2D eigenvalue weighted by Gasteiger charge is 2.25. The number of nitrogens with one attached hydrogen (secondary N) is 2. The summed E-state index contributed by atoms with van der Waals surface area (Å²) in [6.07, 6.45) is 2.17. The average Bonchev–Trinajstić information content (AvgIpc) is 3.12. The largest absolute Gasteiger partial charge is 0.348 e. The van der Waals surface area contributed by atoms with Crippen molar-refractivity contribution in [2.24, 2.45) is 0 Å². The van der Waals surface area contributed by atoms with Gasteiger partial charge in [-0.2, -0.15) is 0 Å². The molecular weight excluding hydrogens is 296 g/mol. The molecule has 2 N–H and O–H groups in total. The van der Waals surface area contributed by atoms with Gasteiger partial charge in [0.15, 0.2) is 0 Å². The van der Waals surface area contributed by atoms with Crippen molar-refractivity contribution in [3.05, 3.63) is 51.5 Å². The molecule has 0 saturated carbocycles. The van der Waals surface area contributed by atoms with Crippen molar-refractivity contribution >= 4 is 17.2 Å². The van der Waals surface area contributed by atoms with E-state index in [1.807, 2.05) is 13.0 Å². The normalized spacial score (nSPS) is 14.3. The second-order valence-electron chi connectivity index (χ2n) is 5.36.